The number of hydrogen-bond acceptors (Lipinski definition) is 3. The van der Waals surface area contributed by atoms with E-state index in [1.54, 1.807) is 13.2 Å². The molecule has 0 unspecified atom stereocenters. The van der Waals surface area contributed by atoms with Crippen molar-refractivity contribution in [2.24, 2.45) is 0 Å². The van der Waals surface area contributed by atoms with E-state index in [-0.39, 0.29) is 13.2 Å². The van der Waals surface area contributed by atoms with Gasteiger partial charge in [-0.1, -0.05) is 19.4 Å². The predicted octanol–water partition coefficient (Wildman–Crippen LogP) is 1.60. The minimum Gasteiger partial charge on any atom is -0.394 e. The van der Waals surface area contributed by atoms with Crippen molar-refractivity contribution >= 4 is 0 Å². The van der Waals surface area contributed by atoms with E-state index in [1.165, 1.54) is 12.8 Å². The zero-order valence-electron chi connectivity index (χ0n) is 9.12. The number of hydrogen-bond donors (Lipinski definition) is 2. The lowest BCUT2D eigenvalue weighted by Crippen LogP contribution is -1.85. The molecule has 0 atom stereocenters. The Kier molecular flexibility index (Phi) is 42.4. The Balaban J connectivity index is -0.000000125. The molecule has 82 valence electrons. The van der Waals surface area contributed by atoms with Crippen LogP contribution in [0.2, 0.25) is 0 Å². The molecule has 0 rings (SSSR count). The fourth-order valence-corrected chi connectivity index (χ4v) is 0.289. The lowest BCUT2D eigenvalue weighted by molar-refractivity contribution is 0.186. The fraction of sp³-hybridized carbons (Fsp3) is 0.800. The highest BCUT2D eigenvalue weighted by atomic mass is 16.5. The Bertz CT molecular complexity index is 59.2. The maximum atomic E-state index is 7.62. The van der Waals surface area contributed by atoms with Crippen LogP contribution in [0.15, 0.2) is 12.7 Å². The summed E-state index contributed by atoms with van der Waals surface area (Å²) in [7, 11) is 1.73. The molecule has 0 aliphatic rings. The molecule has 0 aromatic carbocycles. The number of methoxy groups -OCH3 is 1. The molecule has 0 aromatic rings. The van der Waals surface area contributed by atoms with Gasteiger partial charge >= 0.3 is 0 Å². The van der Waals surface area contributed by atoms with Crippen molar-refractivity contribution in [1.82, 2.24) is 0 Å². The molecule has 0 bridgehead atoms. The van der Waals surface area contributed by atoms with Crippen LogP contribution >= 0.6 is 0 Å². The molecule has 0 fully saturated rings. The molecule has 0 aliphatic carbocycles. The first-order valence-electron chi connectivity index (χ1n) is 4.52. The van der Waals surface area contributed by atoms with E-state index >= 15 is 0 Å². The summed E-state index contributed by atoms with van der Waals surface area (Å²) in [6.07, 6.45) is 4.17. The summed E-state index contributed by atoms with van der Waals surface area (Å²) in [5, 5.41) is 15.2. The van der Waals surface area contributed by atoms with E-state index in [9.17, 15) is 0 Å². The summed E-state index contributed by atoms with van der Waals surface area (Å²) in [6, 6.07) is 0. The minimum atomic E-state index is -0.125. The fourth-order valence-electron chi connectivity index (χ4n) is 0.289. The van der Waals surface area contributed by atoms with Gasteiger partial charge in [0.2, 0.25) is 0 Å². The molecule has 0 saturated carbocycles. The molecule has 0 spiro atoms. The zero-order valence-corrected chi connectivity index (χ0v) is 9.12. The van der Waals surface area contributed by atoms with Crippen molar-refractivity contribution in [1.29, 1.82) is 0 Å². The highest BCUT2D eigenvalue weighted by Gasteiger charge is 1.74. The Labute approximate surface area is 82.0 Å². The van der Waals surface area contributed by atoms with Gasteiger partial charge in [-0.15, -0.1) is 6.58 Å². The van der Waals surface area contributed by atoms with Gasteiger partial charge in [0.1, 0.15) is 0 Å². The van der Waals surface area contributed by atoms with E-state index in [0.717, 1.165) is 6.61 Å². The summed E-state index contributed by atoms with van der Waals surface area (Å²) < 4.78 is 4.78. The van der Waals surface area contributed by atoms with Gasteiger partial charge < -0.3 is 14.9 Å². The maximum Gasteiger partial charge on any atom is 0.0662 e. The molecule has 0 aliphatic heterocycles. The van der Waals surface area contributed by atoms with Gasteiger partial charge in [-0.05, 0) is 13.3 Å². The highest BCUT2D eigenvalue weighted by molar-refractivity contribution is 4.51. The third-order valence-electron chi connectivity index (χ3n) is 0.802. The van der Waals surface area contributed by atoms with E-state index in [2.05, 4.69) is 13.5 Å². The van der Waals surface area contributed by atoms with E-state index in [4.69, 9.17) is 14.9 Å². The number of unbranched alkanes of at least 4 members (excludes halogenated alkanes) is 1. The molecule has 0 amide bonds. The number of aliphatic hydroxyl groups is 2. The van der Waals surface area contributed by atoms with Crippen LogP contribution in [0.4, 0.5) is 0 Å². The largest absolute Gasteiger partial charge is 0.394 e. The Hall–Kier alpha value is -0.380. The van der Waals surface area contributed by atoms with Crippen molar-refractivity contribution in [2.75, 3.05) is 26.9 Å². The van der Waals surface area contributed by atoms with Gasteiger partial charge in [0.05, 0.1) is 13.2 Å². The average Bonchev–Trinajstić information content (AvgIpc) is 2.16. The summed E-state index contributed by atoms with van der Waals surface area (Å²) >= 11 is 0. The Morgan fingerprint density at radius 1 is 1.31 bits per heavy atom. The Morgan fingerprint density at radius 2 is 1.69 bits per heavy atom. The predicted molar refractivity (Wildman–Crippen MR) is 56.8 cm³/mol. The normalized spacial score (nSPS) is 7.46. The molecule has 0 heterocycles. The molecular weight excluding hydrogens is 168 g/mol. The van der Waals surface area contributed by atoms with Gasteiger partial charge in [0.25, 0.3) is 0 Å². The molecule has 3 nitrogen and oxygen atoms in total. The van der Waals surface area contributed by atoms with Crippen molar-refractivity contribution in [3.63, 3.8) is 0 Å². The van der Waals surface area contributed by atoms with E-state index < -0.39 is 0 Å². The van der Waals surface area contributed by atoms with Crippen molar-refractivity contribution in [3.8, 4) is 0 Å². The summed E-state index contributed by atoms with van der Waals surface area (Å²) in [5.41, 5.74) is 0. The van der Waals surface area contributed by atoms with E-state index in [1.807, 2.05) is 6.92 Å². The van der Waals surface area contributed by atoms with Crippen LogP contribution in [-0.4, -0.2) is 37.1 Å². The third kappa shape index (κ3) is 82.1. The van der Waals surface area contributed by atoms with Crippen LogP contribution in [-0.2, 0) is 4.74 Å². The van der Waals surface area contributed by atoms with Crippen LogP contribution in [0.5, 0.6) is 0 Å². The first-order valence-corrected chi connectivity index (χ1v) is 4.52. The Morgan fingerprint density at radius 3 is 1.77 bits per heavy atom. The van der Waals surface area contributed by atoms with Crippen molar-refractivity contribution in [2.45, 2.75) is 26.7 Å². The number of rotatable bonds is 4. The molecule has 3 heteroatoms. The van der Waals surface area contributed by atoms with Gasteiger partial charge in [-0.2, -0.15) is 0 Å². The number of aliphatic hydroxyl groups excluding tert-OH is 2. The van der Waals surface area contributed by atoms with Crippen LogP contribution in [0.3, 0.4) is 0 Å². The standard InChI is InChI=1S/C5H12O.C3H6.C2H6O2/c1-3-4-5-6-2;1-3-2;3-1-2-4/h3-5H2,1-2H3;3H,1H2,2H3;3-4H,1-2H2. The van der Waals surface area contributed by atoms with Crippen LogP contribution in [0, 0.1) is 0 Å². The summed E-state index contributed by atoms with van der Waals surface area (Å²) in [6.45, 7) is 8.06. The lowest BCUT2D eigenvalue weighted by Gasteiger charge is -1.89. The van der Waals surface area contributed by atoms with Crippen molar-refractivity contribution in [3.05, 3.63) is 12.7 Å². The quantitative estimate of drug-likeness (QED) is 0.525. The molecule has 0 saturated heterocycles. The molecule has 13 heavy (non-hydrogen) atoms. The van der Waals surface area contributed by atoms with E-state index in [0.29, 0.717) is 0 Å². The highest BCUT2D eigenvalue weighted by Crippen LogP contribution is 1.83. The minimum absolute atomic E-state index is 0.125. The monoisotopic (exact) mass is 192 g/mol. The first kappa shape index (κ1) is 18.4. The van der Waals surface area contributed by atoms with Gasteiger partial charge in [0.15, 0.2) is 0 Å². The maximum absolute atomic E-state index is 7.62. The van der Waals surface area contributed by atoms with Gasteiger partial charge in [-0.25, -0.2) is 0 Å². The average molecular weight is 192 g/mol. The van der Waals surface area contributed by atoms with Crippen LogP contribution in [0.1, 0.15) is 26.7 Å². The number of allylic oxidation sites excluding steroid dienone is 1. The molecule has 0 radical (unpaired) electrons. The van der Waals surface area contributed by atoms with Gasteiger partial charge in [-0.3, -0.25) is 0 Å². The van der Waals surface area contributed by atoms with Crippen molar-refractivity contribution < 1.29 is 14.9 Å². The molecule has 2 N–H and O–H groups in total. The van der Waals surface area contributed by atoms with Crippen LogP contribution in [0.25, 0.3) is 0 Å². The topological polar surface area (TPSA) is 49.7 Å². The SMILES string of the molecule is C=CC.CCCCOC.OCCO. The molecular formula is C10H24O3. The first-order chi connectivity index (χ1) is 6.24. The summed E-state index contributed by atoms with van der Waals surface area (Å²) in [5.74, 6) is 0. The lowest BCUT2D eigenvalue weighted by atomic mass is 10.4. The number of ether oxygens (including phenoxy) is 1. The second-order valence-corrected chi connectivity index (χ2v) is 2.20. The second kappa shape index (κ2) is 29.9. The second-order valence-electron chi connectivity index (χ2n) is 2.20. The van der Waals surface area contributed by atoms with Crippen LogP contribution < -0.4 is 0 Å². The smallest absolute Gasteiger partial charge is 0.0662 e. The zero-order chi connectivity index (χ0) is 10.9. The molecule has 0 aromatic heterocycles. The third-order valence-corrected chi connectivity index (χ3v) is 0.802. The summed E-state index contributed by atoms with van der Waals surface area (Å²) in [4.78, 5) is 0. The van der Waals surface area contributed by atoms with Gasteiger partial charge in [0, 0.05) is 13.7 Å².